The van der Waals surface area contributed by atoms with Crippen molar-refractivity contribution in [2.45, 2.75) is 39.9 Å². The van der Waals surface area contributed by atoms with Crippen molar-refractivity contribution in [3.05, 3.63) is 35.4 Å². The van der Waals surface area contributed by atoms with Crippen LogP contribution in [0.4, 0.5) is 0 Å². The fourth-order valence-electron chi connectivity index (χ4n) is 1.90. The maximum atomic E-state index is 5.87. The van der Waals surface area contributed by atoms with Crippen molar-refractivity contribution < 1.29 is 4.74 Å². The average molecular weight is 190 g/mol. The highest BCUT2D eigenvalue weighted by molar-refractivity contribution is 5.28. The summed E-state index contributed by atoms with van der Waals surface area (Å²) in [5, 5.41) is 0. The lowest BCUT2D eigenvalue weighted by molar-refractivity contribution is -0.0375. The molecule has 0 saturated heterocycles. The molecule has 1 heterocycles. The van der Waals surface area contributed by atoms with Crippen molar-refractivity contribution in [2.75, 3.05) is 0 Å². The van der Waals surface area contributed by atoms with Gasteiger partial charge in [-0.1, -0.05) is 45.0 Å². The molecule has 0 spiro atoms. The molecule has 0 fully saturated rings. The molecule has 0 radical (unpaired) electrons. The van der Waals surface area contributed by atoms with Crippen LogP contribution in [0.15, 0.2) is 24.3 Å². The molecule has 1 aromatic rings. The lowest BCUT2D eigenvalue weighted by Gasteiger charge is -2.34. The van der Waals surface area contributed by atoms with Gasteiger partial charge in [-0.05, 0) is 23.0 Å². The largest absolute Gasteiger partial charge is 0.373 e. The van der Waals surface area contributed by atoms with Crippen LogP contribution in [0.2, 0.25) is 0 Å². The lowest BCUT2D eigenvalue weighted by atomic mass is 9.83. The van der Waals surface area contributed by atoms with Crippen LogP contribution in [-0.4, -0.2) is 6.10 Å². The maximum absolute atomic E-state index is 5.87. The van der Waals surface area contributed by atoms with Crippen molar-refractivity contribution in [3.8, 4) is 0 Å². The zero-order valence-corrected chi connectivity index (χ0v) is 9.21. The molecule has 0 saturated carbocycles. The highest BCUT2D eigenvalue weighted by atomic mass is 16.5. The van der Waals surface area contributed by atoms with Gasteiger partial charge in [0.25, 0.3) is 0 Å². The zero-order valence-electron chi connectivity index (χ0n) is 9.21. The SMILES string of the molecule is CC(C)(C)C1Cc2ccccc2CO1. The van der Waals surface area contributed by atoms with Gasteiger partial charge < -0.3 is 4.74 Å². The van der Waals surface area contributed by atoms with Crippen LogP contribution in [0, 0.1) is 5.41 Å². The molecular weight excluding hydrogens is 172 g/mol. The van der Waals surface area contributed by atoms with Crippen LogP contribution in [0.25, 0.3) is 0 Å². The Hall–Kier alpha value is -0.820. The Morgan fingerprint density at radius 3 is 2.43 bits per heavy atom. The minimum absolute atomic E-state index is 0.244. The maximum Gasteiger partial charge on any atom is 0.0723 e. The number of fused-ring (bicyclic) bond motifs is 1. The number of hydrogen-bond donors (Lipinski definition) is 0. The third kappa shape index (κ3) is 1.83. The average Bonchev–Trinajstić information content (AvgIpc) is 2.16. The highest BCUT2D eigenvalue weighted by Gasteiger charge is 2.29. The molecular formula is C13H18O. The summed E-state index contributed by atoms with van der Waals surface area (Å²) < 4.78 is 5.87. The smallest absolute Gasteiger partial charge is 0.0723 e. The number of benzene rings is 1. The van der Waals surface area contributed by atoms with Crippen LogP contribution < -0.4 is 0 Å². The highest BCUT2D eigenvalue weighted by Crippen LogP contribution is 2.31. The lowest BCUT2D eigenvalue weighted by Crippen LogP contribution is -2.34. The summed E-state index contributed by atoms with van der Waals surface area (Å²) in [6.45, 7) is 7.50. The van der Waals surface area contributed by atoms with E-state index in [1.165, 1.54) is 11.1 Å². The molecule has 76 valence electrons. The minimum atomic E-state index is 0.244. The first kappa shape index (κ1) is 9.72. The second-order valence-electron chi connectivity index (χ2n) is 5.14. The summed E-state index contributed by atoms with van der Waals surface area (Å²) in [6.07, 6.45) is 1.41. The van der Waals surface area contributed by atoms with Crippen LogP contribution >= 0.6 is 0 Å². The molecule has 0 aliphatic carbocycles. The zero-order chi connectivity index (χ0) is 10.2. The topological polar surface area (TPSA) is 9.23 Å². The molecule has 1 nitrogen and oxygen atoms in total. The normalized spacial score (nSPS) is 21.8. The van der Waals surface area contributed by atoms with E-state index in [2.05, 4.69) is 45.0 Å². The molecule has 0 amide bonds. The van der Waals surface area contributed by atoms with Crippen LogP contribution in [0.5, 0.6) is 0 Å². The van der Waals surface area contributed by atoms with Gasteiger partial charge >= 0.3 is 0 Å². The van der Waals surface area contributed by atoms with Gasteiger partial charge in [-0.2, -0.15) is 0 Å². The van der Waals surface area contributed by atoms with E-state index in [-0.39, 0.29) is 5.41 Å². The van der Waals surface area contributed by atoms with Gasteiger partial charge in [0.1, 0.15) is 0 Å². The predicted molar refractivity (Wildman–Crippen MR) is 58.2 cm³/mol. The predicted octanol–water partition coefficient (Wildman–Crippen LogP) is 3.17. The number of ether oxygens (including phenoxy) is 1. The van der Waals surface area contributed by atoms with Gasteiger partial charge in [-0.3, -0.25) is 0 Å². The monoisotopic (exact) mass is 190 g/mol. The van der Waals surface area contributed by atoms with Crippen LogP contribution in [0.3, 0.4) is 0 Å². The van der Waals surface area contributed by atoms with Crippen molar-refractivity contribution >= 4 is 0 Å². The van der Waals surface area contributed by atoms with E-state index in [1.807, 2.05) is 0 Å². The minimum Gasteiger partial charge on any atom is -0.373 e. The summed E-state index contributed by atoms with van der Waals surface area (Å²) in [4.78, 5) is 0. The summed E-state index contributed by atoms with van der Waals surface area (Å²) >= 11 is 0. The third-order valence-corrected chi connectivity index (χ3v) is 2.93. The van der Waals surface area contributed by atoms with E-state index in [9.17, 15) is 0 Å². The second kappa shape index (κ2) is 3.39. The van der Waals surface area contributed by atoms with Crippen molar-refractivity contribution in [3.63, 3.8) is 0 Å². The van der Waals surface area contributed by atoms with E-state index in [0.717, 1.165) is 13.0 Å². The third-order valence-electron chi connectivity index (χ3n) is 2.93. The fourth-order valence-corrected chi connectivity index (χ4v) is 1.90. The number of rotatable bonds is 0. The Kier molecular flexibility index (Phi) is 2.36. The molecule has 1 aromatic carbocycles. The van der Waals surface area contributed by atoms with Crippen molar-refractivity contribution in [2.24, 2.45) is 5.41 Å². The molecule has 1 aliphatic heterocycles. The van der Waals surface area contributed by atoms with E-state index in [0.29, 0.717) is 6.10 Å². The molecule has 14 heavy (non-hydrogen) atoms. The first-order chi connectivity index (χ1) is 6.57. The molecule has 0 aromatic heterocycles. The Morgan fingerprint density at radius 1 is 1.14 bits per heavy atom. The standard InChI is InChI=1S/C13H18O/c1-13(2,3)12-8-10-6-4-5-7-11(10)9-14-12/h4-7,12H,8-9H2,1-3H3. The summed E-state index contributed by atoms with van der Waals surface area (Å²) in [5.41, 5.74) is 3.06. The van der Waals surface area contributed by atoms with Crippen LogP contribution in [-0.2, 0) is 17.8 Å². The quantitative estimate of drug-likeness (QED) is 0.610. The summed E-state index contributed by atoms with van der Waals surface area (Å²) in [6, 6.07) is 8.58. The Morgan fingerprint density at radius 2 is 1.79 bits per heavy atom. The Bertz CT molecular complexity index is 322. The second-order valence-corrected chi connectivity index (χ2v) is 5.14. The van der Waals surface area contributed by atoms with Gasteiger partial charge in [0.2, 0.25) is 0 Å². The molecule has 1 aliphatic rings. The summed E-state index contributed by atoms with van der Waals surface area (Å²) in [7, 11) is 0. The van der Waals surface area contributed by atoms with Crippen LogP contribution in [0.1, 0.15) is 31.9 Å². The van der Waals surface area contributed by atoms with E-state index in [1.54, 1.807) is 0 Å². The Balaban J connectivity index is 2.22. The van der Waals surface area contributed by atoms with Gasteiger partial charge in [0.15, 0.2) is 0 Å². The molecule has 1 unspecified atom stereocenters. The van der Waals surface area contributed by atoms with Gasteiger partial charge in [0, 0.05) is 0 Å². The molecule has 2 rings (SSSR count). The molecule has 1 heteroatoms. The number of hydrogen-bond acceptors (Lipinski definition) is 1. The van der Waals surface area contributed by atoms with Gasteiger partial charge in [0.05, 0.1) is 12.7 Å². The van der Waals surface area contributed by atoms with Gasteiger partial charge in [-0.25, -0.2) is 0 Å². The first-order valence-electron chi connectivity index (χ1n) is 5.26. The molecule has 0 N–H and O–H groups in total. The van der Waals surface area contributed by atoms with Gasteiger partial charge in [-0.15, -0.1) is 0 Å². The van der Waals surface area contributed by atoms with Crippen molar-refractivity contribution in [1.82, 2.24) is 0 Å². The van der Waals surface area contributed by atoms with E-state index in [4.69, 9.17) is 4.74 Å². The molecule has 0 bridgehead atoms. The van der Waals surface area contributed by atoms with Crippen molar-refractivity contribution in [1.29, 1.82) is 0 Å². The van der Waals surface area contributed by atoms with E-state index >= 15 is 0 Å². The molecule has 1 atom stereocenters. The Labute approximate surface area is 86.1 Å². The first-order valence-corrected chi connectivity index (χ1v) is 5.26. The fraction of sp³-hybridized carbons (Fsp3) is 0.538. The van der Waals surface area contributed by atoms with E-state index < -0.39 is 0 Å². The summed E-state index contributed by atoms with van der Waals surface area (Å²) in [5.74, 6) is 0.